The van der Waals surface area contributed by atoms with Crippen LogP contribution in [0.3, 0.4) is 0 Å². The van der Waals surface area contributed by atoms with Crippen molar-refractivity contribution >= 4 is 28.6 Å². The molecule has 1 amide bonds. The highest BCUT2D eigenvalue weighted by atomic mass is 16.5. The number of hydrogen-bond donors (Lipinski definition) is 2. The number of rotatable bonds is 6. The number of aromatic nitrogens is 3. The number of nitrogens with one attached hydrogen (secondary N) is 1. The first-order valence-electron chi connectivity index (χ1n) is 11.0. The first-order valence-corrected chi connectivity index (χ1v) is 11.0. The minimum absolute atomic E-state index is 0.0940. The summed E-state index contributed by atoms with van der Waals surface area (Å²) in [6.07, 6.45) is 4.35. The molecule has 1 fully saturated rings. The maximum Gasteiger partial charge on any atom is 0.309 e. The smallest absolute Gasteiger partial charge is 0.309 e. The first-order chi connectivity index (χ1) is 16.5. The Morgan fingerprint density at radius 3 is 2.68 bits per heavy atom. The molecular weight excluding hydrogens is 436 g/mol. The highest BCUT2D eigenvalue weighted by molar-refractivity contribution is 6.00. The number of amides is 1. The second kappa shape index (κ2) is 10.1. The second-order valence-electron chi connectivity index (χ2n) is 7.92. The molecule has 1 aliphatic heterocycles. The Morgan fingerprint density at radius 1 is 1.21 bits per heavy atom. The monoisotopic (exact) mass is 460 g/mol. The Labute approximate surface area is 196 Å². The van der Waals surface area contributed by atoms with Gasteiger partial charge in [-0.1, -0.05) is 6.07 Å². The summed E-state index contributed by atoms with van der Waals surface area (Å²) in [5.41, 5.74) is 1.37. The lowest BCUT2D eigenvalue weighted by Gasteiger charge is -2.31. The minimum Gasteiger partial charge on any atom is -0.505 e. The van der Waals surface area contributed by atoms with E-state index in [1.54, 1.807) is 31.2 Å². The number of carbonyl (C=O) groups excluding carboxylic acids is 2. The Bertz CT molecular complexity index is 1250. The van der Waals surface area contributed by atoms with Crippen LogP contribution in [0.15, 0.2) is 36.7 Å². The number of fused-ring (bicyclic) bond motifs is 1. The van der Waals surface area contributed by atoms with Crippen LogP contribution >= 0.6 is 0 Å². The molecule has 0 atom stereocenters. The van der Waals surface area contributed by atoms with E-state index in [-0.39, 0.29) is 29.9 Å². The van der Waals surface area contributed by atoms with E-state index in [1.807, 2.05) is 6.07 Å². The average molecular weight is 460 g/mol. The molecule has 3 aromatic rings. The summed E-state index contributed by atoms with van der Waals surface area (Å²) in [5, 5.41) is 22.6. The summed E-state index contributed by atoms with van der Waals surface area (Å²) in [6, 6.07) is 8.70. The summed E-state index contributed by atoms with van der Waals surface area (Å²) in [6.45, 7) is 3.71. The molecule has 0 bridgehead atoms. The highest BCUT2D eigenvalue weighted by Crippen LogP contribution is 2.29. The van der Waals surface area contributed by atoms with Crippen molar-refractivity contribution in [3.63, 3.8) is 0 Å². The molecule has 10 nitrogen and oxygen atoms in total. The number of nitrogens with zero attached hydrogens (tertiary/aromatic N) is 5. The van der Waals surface area contributed by atoms with Crippen molar-refractivity contribution in [3.8, 4) is 11.8 Å². The number of anilines is 1. The molecule has 0 aromatic carbocycles. The van der Waals surface area contributed by atoms with Gasteiger partial charge in [0.1, 0.15) is 17.6 Å². The van der Waals surface area contributed by atoms with E-state index < -0.39 is 5.91 Å². The largest absolute Gasteiger partial charge is 0.505 e. The quantitative estimate of drug-likeness (QED) is 0.530. The van der Waals surface area contributed by atoms with Gasteiger partial charge in [-0.15, -0.1) is 0 Å². The fraction of sp³-hybridized carbons (Fsp3) is 0.333. The number of aromatic hydroxyl groups is 1. The van der Waals surface area contributed by atoms with Crippen LogP contribution in [0.1, 0.15) is 41.5 Å². The highest BCUT2D eigenvalue weighted by Gasteiger charge is 2.27. The van der Waals surface area contributed by atoms with Crippen molar-refractivity contribution in [2.24, 2.45) is 5.92 Å². The van der Waals surface area contributed by atoms with Gasteiger partial charge in [0.2, 0.25) is 0 Å². The molecule has 0 unspecified atom stereocenters. The van der Waals surface area contributed by atoms with Crippen molar-refractivity contribution in [2.75, 3.05) is 24.6 Å². The molecule has 1 saturated heterocycles. The van der Waals surface area contributed by atoms with Crippen molar-refractivity contribution in [1.82, 2.24) is 20.3 Å². The van der Waals surface area contributed by atoms with Crippen LogP contribution in [0.2, 0.25) is 0 Å². The van der Waals surface area contributed by atoms with Gasteiger partial charge in [-0.2, -0.15) is 5.26 Å². The van der Waals surface area contributed by atoms with Crippen LogP contribution in [-0.2, 0) is 16.1 Å². The number of piperidine rings is 1. The van der Waals surface area contributed by atoms with Gasteiger partial charge >= 0.3 is 5.97 Å². The van der Waals surface area contributed by atoms with E-state index in [0.717, 1.165) is 5.82 Å². The lowest BCUT2D eigenvalue weighted by atomic mass is 9.97. The van der Waals surface area contributed by atoms with Crippen molar-refractivity contribution in [1.29, 1.82) is 5.26 Å². The van der Waals surface area contributed by atoms with Gasteiger partial charge in [0.15, 0.2) is 11.4 Å². The normalized spacial score (nSPS) is 13.9. The summed E-state index contributed by atoms with van der Waals surface area (Å²) in [5.74, 6) is -0.295. The van der Waals surface area contributed by atoms with Gasteiger partial charge in [-0.05, 0) is 43.5 Å². The van der Waals surface area contributed by atoms with Gasteiger partial charge in [-0.3, -0.25) is 9.59 Å². The number of pyridine rings is 3. The van der Waals surface area contributed by atoms with Crippen molar-refractivity contribution in [3.05, 3.63) is 53.6 Å². The molecule has 0 saturated carbocycles. The molecule has 4 heterocycles. The maximum absolute atomic E-state index is 12.6. The van der Waals surface area contributed by atoms with Crippen LogP contribution < -0.4 is 10.2 Å². The molecule has 3 aromatic heterocycles. The van der Waals surface area contributed by atoms with Crippen molar-refractivity contribution < 1.29 is 19.4 Å². The van der Waals surface area contributed by atoms with Gasteiger partial charge in [0, 0.05) is 31.2 Å². The molecular formula is C24H24N6O4. The van der Waals surface area contributed by atoms with E-state index in [0.29, 0.717) is 54.7 Å². The van der Waals surface area contributed by atoms with Gasteiger partial charge in [-0.25, -0.2) is 15.0 Å². The molecule has 0 aliphatic carbocycles. The van der Waals surface area contributed by atoms with Crippen LogP contribution in [0.25, 0.3) is 10.9 Å². The number of ether oxygens (including phenoxy) is 1. The Balaban J connectivity index is 1.44. The standard InChI is InChI=1S/C24H24N6O4/c1-2-34-24(33)16-7-9-30(10-8-16)20-6-5-18-19(29-20)14-27-21(22(18)31)23(32)28-13-15-3-4-17(11-25)26-12-15/h3-6,12,14,16,31H,2,7-10,13H2,1H3,(H,28,32). The molecule has 10 heteroatoms. The molecule has 0 spiro atoms. The van der Waals surface area contributed by atoms with E-state index in [4.69, 9.17) is 10.00 Å². The van der Waals surface area contributed by atoms with Crippen LogP contribution in [0.4, 0.5) is 5.82 Å². The topological polar surface area (TPSA) is 141 Å². The number of esters is 1. The van der Waals surface area contributed by atoms with E-state index in [9.17, 15) is 14.7 Å². The Morgan fingerprint density at radius 2 is 2.00 bits per heavy atom. The average Bonchev–Trinajstić information content (AvgIpc) is 2.88. The number of nitriles is 1. The summed E-state index contributed by atoms with van der Waals surface area (Å²) < 4.78 is 5.12. The fourth-order valence-corrected chi connectivity index (χ4v) is 3.89. The van der Waals surface area contributed by atoms with Gasteiger partial charge < -0.3 is 20.1 Å². The zero-order valence-electron chi connectivity index (χ0n) is 18.7. The van der Waals surface area contributed by atoms with E-state index in [2.05, 4.69) is 25.2 Å². The first kappa shape index (κ1) is 22.9. The Hall–Kier alpha value is -4.26. The predicted molar refractivity (Wildman–Crippen MR) is 123 cm³/mol. The summed E-state index contributed by atoms with van der Waals surface area (Å²) >= 11 is 0. The minimum atomic E-state index is -0.533. The third kappa shape index (κ3) is 4.88. The summed E-state index contributed by atoms with van der Waals surface area (Å²) in [4.78, 5) is 39.3. The molecule has 4 rings (SSSR count). The third-order valence-corrected chi connectivity index (χ3v) is 5.75. The molecule has 0 radical (unpaired) electrons. The lowest BCUT2D eigenvalue weighted by molar-refractivity contribution is -0.148. The number of hydrogen-bond acceptors (Lipinski definition) is 9. The molecule has 2 N–H and O–H groups in total. The van der Waals surface area contributed by atoms with Crippen LogP contribution in [-0.4, -0.2) is 51.6 Å². The van der Waals surface area contributed by atoms with Crippen LogP contribution in [0, 0.1) is 17.2 Å². The van der Waals surface area contributed by atoms with E-state index >= 15 is 0 Å². The summed E-state index contributed by atoms with van der Waals surface area (Å²) in [7, 11) is 0. The fourth-order valence-electron chi connectivity index (χ4n) is 3.89. The zero-order chi connectivity index (χ0) is 24.1. The lowest BCUT2D eigenvalue weighted by Crippen LogP contribution is -2.37. The zero-order valence-corrected chi connectivity index (χ0v) is 18.7. The molecule has 34 heavy (non-hydrogen) atoms. The number of carbonyl (C=O) groups is 2. The van der Waals surface area contributed by atoms with Gasteiger partial charge in [0.25, 0.3) is 5.91 Å². The van der Waals surface area contributed by atoms with E-state index in [1.165, 1.54) is 12.4 Å². The van der Waals surface area contributed by atoms with Crippen LogP contribution in [0.5, 0.6) is 5.75 Å². The van der Waals surface area contributed by atoms with Crippen molar-refractivity contribution in [2.45, 2.75) is 26.3 Å². The van der Waals surface area contributed by atoms with Gasteiger partial charge in [0.05, 0.1) is 24.2 Å². The second-order valence-corrected chi connectivity index (χ2v) is 7.92. The maximum atomic E-state index is 12.6. The molecule has 174 valence electrons. The Kier molecular flexibility index (Phi) is 6.82. The SMILES string of the molecule is CCOC(=O)C1CCN(c2ccc3c(O)c(C(=O)NCc4ccc(C#N)nc4)ncc3n2)CC1. The molecule has 1 aliphatic rings. The predicted octanol–water partition coefficient (Wildman–Crippen LogP) is 2.31. The third-order valence-electron chi connectivity index (χ3n) is 5.75.